The average Bonchev–Trinajstić information content (AvgIpc) is 2.97. The van der Waals surface area contributed by atoms with E-state index >= 15 is 0 Å². The van der Waals surface area contributed by atoms with Crippen LogP contribution in [-0.2, 0) is 0 Å². The highest BCUT2D eigenvalue weighted by molar-refractivity contribution is 5.48. The predicted molar refractivity (Wildman–Crippen MR) is 78.6 cm³/mol. The average molecular weight is 258 g/mol. The first-order valence-electron chi connectivity index (χ1n) is 7.09. The molecule has 102 valence electrons. The molecule has 0 saturated heterocycles. The molecule has 0 bridgehead atoms. The van der Waals surface area contributed by atoms with E-state index in [1.165, 1.54) is 37.8 Å². The highest BCUT2D eigenvalue weighted by atomic mass is 15.3. The van der Waals surface area contributed by atoms with Crippen LogP contribution in [0.2, 0.25) is 0 Å². The molecular formula is C15H22N4. The molecule has 4 heteroatoms. The Morgan fingerprint density at radius 3 is 2.53 bits per heavy atom. The van der Waals surface area contributed by atoms with E-state index < -0.39 is 0 Å². The molecule has 2 aromatic rings. The van der Waals surface area contributed by atoms with Crippen LogP contribution < -0.4 is 5.32 Å². The van der Waals surface area contributed by atoms with Crippen LogP contribution in [0.25, 0.3) is 5.69 Å². The SMILES string of the molecule is CCCCCCCNc1ccc(-n2cncn2)cc1. The molecule has 0 unspecified atom stereocenters. The Morgan fingerprint density at radius 2 is 1.84 bits per heavy atom. The van der Waals surface area contributed by atoms with Crippen molar-refractivity contribution in [1.82, 2.24) is 14.8 Å². The Bertz CT molecular complexity index is 448. The Morgan fingerprint density at radius 1 is 1.05 bits per heavy atom. The molecule has 0 fully saturated rings. The van der Waals surface area contributed by atoms with Gasteiger partial charge in [0.1, 0.15) is 12.7 Å². The van der Waals surface area contributed by atoms with Crippen molar-refractivity contribution in [2.45, 2.75) is 39.0 Å². The van der Waals surface area contributed by atoms with Crippen LogP contribution in [-0.4, -0.2) is 21.3 Å². The fourth-order valence-electron chi connectivity index (χ4n) is 2.03. The van der Waals surface area contributed by atoms with Gasteiger partial charge in [-0.1, -0.05) is 32.6 Å². The molecule has 1 N–H and O–H groups in total. The number of nitrogens with zero attached hydrogens (tertiary/aromatic N) is 3. The van der Waals surface area contributed by atoms with Crippen LogP contribution in [0.15, 0.2) is 36.9 Å². The van der Waals surface area contributed by atoms with Crippen LogP contribution in [0.4, 0.5) is 5.69 Å². The van der Waals surface area contributed by atoms with E-state index in [9.17, 15) is 0 Å². The minimum Gasteiger partial charge on any atom is -0.385 e. The van der Waals surface area contributed by atoms with Crippen molar-refractivity contribution in [2.24, 2.45) is 0 Å². The van der Waals surface area contributed by atoms with Gasteiger partial charge in [-0.15, -0.1) is 0 Å². The fourth-order valence-corrected chi connectivity index (χ4v) is 2.03. The van der Waals surface area contributed by atoms with Gasteiger partial charge in [-0.3, -0.25) is 0 Å². The molecule has 0 aliphatic heterocycles. The third kappa shape index (κ3) is 4.39. The van der Waals surface area contributed by atoms with Crippen LogP contribution in [0.1, 0.15) is 39.0 Å². The summed E-state index contributed by atoms with van der Waals surface area (Å²) in [5, 5.41) is 7.55. The normalized spacial score (nSPS) is 10.6. The lowest BCUT2D eigenvalue weighted by Crippen LogP contribution is -2.02. The van der Waals surface area contributed by atoms with Gasteiger partial charge in [0, 0.05) is 12.2 Å². The molecular weight excluding hydrogens is 236 g/mol. The number of hydrogen-bond donors (Lipinski definition) is 1. The number of rotatable bonds is 8. The Hall–Kier alpha value is -1.84. The number of benzene rings is 1. The van der Waals surface area contributed by atoms with Crippen molar-refractivity contribution in [3.8, 4) is 5.69 Å². The van der Waals surface area contributed by atoms with Gasteiger partial charge in [-0.2, -0.15) is 5.10 Å². The van der Waals surface area contributed by atoms with Gasteiger partial charge < -0.3 is 5.32 Å². The second kappa shape index (κ2) is 7.56. The van der Waals surface area contributed by atoms with E-state index in [0.717, 1.165) is 12.2 Å². The molecule has 0 saturated carbocycles. The van der Waals surface area contributed by atoms with Crippen LogP contribution in [0.3, 0.4) is 0 Å². The van der Waals surface area contributed by atoms with Crippen molar-refractivity contribution in [1.29, 1.82) is 0 Å². The van der Waals surface area contributed by atoms with Crippen molar-refractivity contribution in [3.63, 3.8) is 0 Å². The Labute approximate surface area is 114 Å². The number of aromatic nitrogens is 3. The van der Waals surface area contributed by atoms with Crippen molar-refractivity contribution >= 4 is 5.69 Å². The zero-order valence-electron chi connectivity index (χ0n) is 11.5. The number of unbranched alkanes of at least 4 members (excludes halogenated alkanes) is 4. The maximum absolute atomic E-state index is 4.11. The molecule has 0 amide bonds. The van der Waals surface area contributed by atoms with Crippen molar-refractivity contribution in [3.05, 3.63) is 36.9 Å². The highest BCUT2D eigenvalue weighted by Crippen LogP contribution is 2.12. The van der Waals surface area contributed by atoms with Crippen LogP contribution >= 0.6 is 0 Å². The topological polar surface area (TPSA) is 42.7 Å². The molecule has 4 nitrogen and oxygen atoms in total. The summed E-state index contributed by atoms with van der Waals surface area (Å²) in [6.07, 6.45) is 9.81. The Kier molecular flexibility index (Phi) is 5.41. The molecule has 19 heavy (non-hydrogen) atoms. The summed E-state index contributed by atoms with van der Waals surface area (Å²) in [5.41, 5.74) is 2.20. The van der Waals surface area contributed by atoms with Crippen LogP contribution in [0, 0.1) is 0 Å². The summed E-state index contributed by atoms with van der Waals surface area (Å²) in [6, 6.07) is 8.27. The monoisotopic (exact) mass is 258 g/mol. The predicted octanol–water partition coefficient (Wildman–Crippen LogP) is 3.65. The minimum absolute atomic E-state index is 1.03. The summed E-state index contributed by atoms with van der Waals surface area (Å²) in [6.45, 7) is 3.29. The van der Waals surface area contributed by atoms with Gasteiger partial charge in [0.15, 0.2) is 0 Å². The first kappa shape index (κ1) is 13.6. The number of anilines is 1. The zero-order valence-corrected chi connectivity index (χ0v) is 11.5. The van der Waals surface area contributed by atoms with Gasteiger partial charge in [0.2, 0.25) is 0 Å². The molecule has 1 heterocycles. The first-order valence-corrected chi connectivity index (χ1v) is 7.09. The van der Waals surface area contributed by atoms with E-state index in [-0.39, 0.29) is 0 Å². The summed E-state index contributed by atoms with van der Waals surface area (Å²) >= 11 is 0. The highest BCUT2D eigenvalue weighted by Gasteiger charge is 1.97. The van der Waals surface area contributed by atoms with Gasteiger partial charge in [0.05, 0.1) is 5.69 Å². The van der Waals surface area contributed by atoms with Gasteiger partial charge >= 0.3 is 0 Å². The largest absolute Gasteiger partial charge is 0.385 e. The third-order valence-electron chi connectivity index (χ3n) is 3.16. The molecule has 0 aliphatic carbocycles. The lowest BCUT2D eigenvalue weighted by atomic mass is 10.1. The molecule has 2 rings (SSSR count). The maximum atomic E-state index is 4.11. The molecule has 0 radical (unpaired) electrons. The summed E-state index contributed by atoms with van der Waals surface area (Å²) < 4.78 is 1.76. The zero-order chi connectivity index (χ0) is 13.3. The minimum atomic E-state index is 1.03. The summed E-state index contributed by atoms with van der Waals surface area (Å²) in [7, 11) is 0. The standard InChI is InChI=1S/C15H22N4/c1-2-3-4-5-6-11-17-14-7-9-15(10-8-14)19-13-16-12-18-19/h7-10,12-13,17H,2-6,11H2,1H3. The van der Waals surface area contributed by atoms with E-state index in [1.54, 1.807) is 17.3 Å². The molecule has 1 aromatic heterocycles. The third-order valence-corrected chi connectivity index (χ3v) is 3.16. The second-order valence-corrected chi connectivity index (χ2v) is 4.73. The Balaban J connectivity index is 1.73. The van der Waals surface area contributed by atoms with Crippen molar-refractivity contribution in [2.75, 3.05) is 11.9 Å². The van der Waals surface area contributed by atoms with E-state index in [4.69, 9.17) is 0 Å². The molecule has 0 atom stereocenters. The molecule has 1 aromatic carbocycles. The summed E-state index contributed by atoms with van der Waals surface area (Å²) in [4.78, 5) is 3.94. The first-order chi connectivity index (χ1) is 9.40. The maximum Gasteiger partial charge on any atom is 0.138 e. The van der Waals surface area contributed by atoms with Crippen molar-refractivity contribution < 1.29 is 0 Å². The quantitative estimate of drug-likeness (QED) is 0.735. The van der Waals surface area contributed by atoms with E-state index in [1.807, 2.05) is 12.1 Å². The van der Waals surface area contributed by atoms with E-state index in [0.29, 0.717) is 0 Å². The second-order valence-electron chi connectivity index (χ2n) is 4.73. The number of hydrogen-bond acceptors (Lipinski definition) is 3. The summed E-state index contributed by atoms with van der Waals surface area (Å²) in [5.74, 6) is 0. The lowest BCUT2D eigenvalue weighted by molar-refractivity contribution is 0.645. The lowest BCUT2D eigenvalue weighted by Gasteiger charge is -2.07. The smallest absolute Gasteiger partial charge is 0.138 e. The van der Waals surface area contributed by atoms with Gasteiger partial charge in [-0.25, -0.2) is 9.67 Å². The van der Waals surface area contributed by atoms with Crippen LogP contribution in [0.5, 0.6) is 0 Å². The van der Waals surface area contributed by atoms with E-state index in [2.05, 4.69) is 34.5 Å². The number of nitrogens with one attached hydrogen (secondary N) is 1. The molecule has 0 aliphatic rings. The fraction of sp³-hybridized carbons (Fsp3) is 0.467. The molecule has 0 spiro atoms. The van der Waals surface area contributed by atoms with Gasteiger partial charge in [0.25, 0.3) is 0 Å². The van der Waals surface area contributed by atoms with Gasteiger partial charge in [-0.05, 0) is 30.7 Å².